The lowest BCUT2D eigenvalue weighted by Gasteiger charge is -2.31. The van der Waals surface area contributed by atoms with Crippen LogP contribution in [0.3, 0.4) is 0 Å². The molecule has 0 atom stereocenters. The summed E-state index contributed by atoms with van der Waals surface area (Å²) in [4.78, 5) is 2.55. The fraction of sp³-hybridized carbons (Fsp3) is 0.933. The Labute approximate surface area is 113 Å². The molecule has 0 radical (unpaired) electrons. The van der Waals surface area contributed by atoms with Gasteiger partial charge in [0.2, 0.25) is 0 Å². The molecule has 0 aliphatic heterocycles. The van der Waals surface area contributed by atoms with Crippen molar-refractivity contribution in [2.75, 3.05) is 26.7 Å². The molecular formula is C15H29N3. The second kappa shape index (κ2) is 10.3. The minimum atomic E-state index is 0.700. The van der Waals surface area contributed by atoms with Crippen LogP contribution in [0.4, 0.5) is 0 Å². The highest BCUT2D eigenvalue weighted by Gasteiger charge is 2.16. The largest absolute Gasteiger partial charge is 0.317 e. The van der Waals surface area contributed by atoms with Gasteiger partial charge in [0.05, 0.1) is 6.07 Å². The van der Waals surface area contributed by atoms with E-state index in [2.05, 4.69) is 23.3 Å². The maximum absolute atomic E-state index is 8.42. The smallest absolute Gasteiger partial charge is 0.0621 e. The van der Waals surface area contributed by atoms with Crippen LogP contribution in [-0.4, -0.2) is 37.6 Å². The molecule has 0 aromatic rings. The van der Waals surface area contributed by atoms with E-state index in [4.69, 9.17) is 5.26 Å². The maximum Gasteiger partial charge on any atom is 0.0621 e. The quantitative estimate of drug-likeness (QED) is 0.640. The Hall–Kier alpha value is -0.590. The first-order chi connectivity index (χ1) is 8.84. The fourth-order valence-corrected chi connectivity index (χ4v) is 2.74. The predicted octanol–water partition coefficient (Wildman–Crippen LogP) is 2.92. The van der Waals surface area contributed by atoms with Crippen molar-refractivity contribution in [2.24, 2.45) is 0 Å². The summed E-state index contributed by atoms with van der Waals surface area (Å²) in [5, 5.41) is 11.9. The van der Waals surface area contributed by atoms with Crippen LogP contribution in [0, 0.1) is 11.3 Å². The molecule has 0 heterocycles. The van der Waals surface area contributed by atoms with Crippen LogP contribution >= 0.6 is 0 Å². The monoisotopic (exact) mass is 251 g/mol. The van der Waals surface area contributed by atoms with Gasteiger partial charge in [0.25, 0.3) is 0 Å². The van der Waals surface area contributed by atoms with Gasteiger partial charge < -0.3 is 10.2 Å². The SMILES string of the molecule is CN(CCCNCCCCC#N)C1CCCCC1. The third-order valence-corrected chi connectivity index (χ3v) is 3.95. The molecule has 3 nitrogen and oxygen atoms in total. The van der Waals surface area contributed by atoms with E-state index < -0.39 is 0 Å². The Balaban J connectivity index is 1.89. The summed E-state index contributed by atoms with van der Waals surface area (Å²) in [5.41, 5.74) is 0. The molecule has 1 rings (SSSR count). The second-order valence-electron chi connectivity index (χ2n) is 5.49. The second-order valence-corrected chi connectivity index (χ2v) is 5.49. The van der Waals surface area contributed by atoms with Crippen molar-refractivity contribution in [3.63, 3.8) is 0 Å². The van der Waals surface area contributed by atoms with Gasteiger partial charge in [0, 0.05) is 12.5 Å². The average molecular weight is 251 g/mol. The van der Waals surface area contributed by atoms with Crippen molar-refractivity contribution in [1.29, 1.82) is 5.26 Å². The van der Waals surface area contributed by atoms with Gasteiger partial charge in [-0.1, -0.05) is 19.3 Å². The zero-order chi connectivity index (χ0) is 13.1. The van der Waals surface area contributed by atoms with Gasteiger partial charge in [-0.05, 0) is 58.8 Å². The molecule has 104 valence electrons. The molecule has 1 fully saturated rings. The molecular weight excluding hydrogens is 222 g/mol. The Morgan fingerprint density at radius 2 is 1.83 bits per heavy atom. The molecule has 1 aliphatic rings. The highest BCUT2D eigenvalue weighted by atomic mass is 15.1. The van der Waals surface area contributed by atoms with Crippen molar-refractivity contribution in [2.45, 2.75) is 63.8 Å². The number of hydrogen-bond acceptors (Lipinski definition) is 3. The number of nitrogens with zero attached hydrogens (tertiary/aromatic N) is 2. The Kier molecular flexibility index (Phi) is 8.89. The van der Waals surface area contributed by atoms with E-state index >= 15 is 0 Å². The van der Waals surface area contributed by atoms with Gasteiger partial charge in [-0.3, -0.25) is 0 Å². The highest BCUT2D eigenvalue weighted by molar-refractivity contribution is 4.73. The Morgan fingerprint density at radius 1 is 1.11 bits per heavy atom. The van der Waals surface area contributed by atoms with Crippen LogP contribution in [0.5, 0.6) is 0 Å². The molecule has 0 bridgehead atoms. The number of hydrogen-bond donors (Lipinski definition) is 1. The van der Waals surface area contributed by atoms with Gasteiger partial charge >= 0.3 is 0 Å². The summed E-state index contributed by atoms with van der Waals surface area (Å²) in [5.74, 6) is 0. The summed E-state index contributed by atoms with van der Waals surface area (Å²) in [7, 11) is 2.28. The molecule has 1 saturated carbocycles. The van der Waals surface area contributed by atoms with Crippen molar-refractivity contribution in [1.82, 2.24) is 10.2 Å². The molecule has 0 saturated heterocycles. The first kappa shape index (κ1) is 15.5. The summed E-state index contributed by atoms with van der Waals surface area (Å²) in [6.45, 7) is 3.40. The number of unbranched alkanes of at least 4 members (excludes halogenated alkanes) is 2. The van der Waals surface area contributed by atoms with E-state index in [1.807, 2.05) is 0 Å². The molecule has 0 amide bonds. The third kappa shape index (κ3) is 6.98. The summed E-state index contributed by atoms with van der Waals surface area (Å²) >= 11 is 0. The molecule has 3 heteroatoms. The number of nitrogens with one attached hydrogen (secondary N) is 1. The molecule has 0 aromatic carbocycles. The lowest BCUT2D eigenvalue weighted by Crippen LogP contribution is -2.35. The fourth-order valence-electron chi connectivity index (χ4n) is 2.74. The molecule has 1 aliphatic carbocycles. The standard InChI is InChI=1S/C15H29N3/c1-18(15-9-4-2-5-10-15)14-8-13-17-12-7-3-6-11-16/h15,17H,2-10,12-14H2,1H3. The van der Waals surface area contributed by atoms with Gasteiger partial charge in [-0.2, -0.15) is 5.26 Å². The van der Waals surface area contributed by atoms with E-state index in [1.54, 1.807) is 0 Å². The minimum absolute atomic E-state index is 0.700. The summed E-state index contributed by atoms with van der Waals surface area (Å²) in [6, 6.07) is 3.03. The lowest BCUT2D eigenvalue weighted by molar-refractivity contribution is 0.189. The molecule has 0 aromatic heterocycles. The van der Waals surface area contributed by atoms with Gasteiger partial charge in [0.15, 0.2) is 0 Å². The van der Waals surface area contributed by atoms with Crippen LogP contribution in [-0.2, 0) is 0 Å². The third-order valence-electron chi connectivity index (χ3n) is 3.95. The first-order valence-electron chi connectivity index (χ1n) is 7.62. The van der Waals surface area contributed by atoms with Crippen LogP contribution in [0.2, 0.25) is 0 Å². The van der Waals surface area contributed by atoms with Crippen LogP contribution in [0.25, 0.3) is 0 Å². The predicted molar refractivity (Wildman–Crippen MR) is 76.5 cm³/mol. The van der Waals surface area contributed by atoms with Gasteiger partial charge in [-0.25, -0.2) is 0 Å². The van der Waals surface area contributed by atoms with Crippen LogP contribution < -0.4 is 5.32 Å². The first-order valence-corrected chi connectivity index (χ1v) is 7.62. The van der Waals surface area contributed by atoms with Crippen molar-refractivity contribution < 1.29 is 0 Å². The zero-order valence-corrected chi connectivity index (χ0v) is 12.0. The van der Waals surface area contributed by atoms with E-state index in [0.29, 0.717) is 6.42 Å². The topological polar surface area (TPSA) is 39.1 Å². The molecule has 18 heavy (non-hydrogen) atoms. The van der Waals surface area contributed by atoms with E-state index in [9.17, 15) is 0 Å². The van der Waals surface area contributed by atoms with Gasteiger partial charge in [0.1, 0.15) is 0 Å². The van der Waals surface area contributed by atoms with Gasteiger partial charge in [-0.15, -0.1) is 0 Å². The van der Waals surface area contributed by atoms with Crippen molar-refractivity contribution >= 4 is 0 Å². The molecule has 0 spiro atoms. The average Bonchev–Trinajstić information content (AvgIpc) is 2.42. The Morgan fingerprint density at radius 3 is 2.56 bits per heavy atom. The lowest BCUT2D eigenvalue weighted by atomic mass is 9.94. The van der Waals surface area contributed by atoms with E-state index in [0.717, 1.165) is 32.0 Å². The number of nitriles is 1. The van der Waals surface area contributed by atoms with Crippen molar-refractivity contribution in [3.05, 3.63) is 0 Å². The summed E-state index contributed by atoms with van der Waals surface area (Å²) in [6.07, 6.45) is 11.2. The number of rotatable bonds is 9. The van der Waals surface area contributed by atoms with E-state index in [-0.39, 0.29) is 0 Å². The minimum Gasteiger partial charge on any atom is -0.317 e. The summed E-state index contributed by atoms with van der Waals surface area (Å²) < 4.78 is 0. The molecule has 1 N–H and O–H groups in total. The van der Waals surface area contributed by atoms with E-state index in [1.165, 1.54) is 45.1 Å². The van der Waals surface area contributed by atoms with Crippen LogP contribution in [0.1, 0.15) is 57.8 Å². The zero-order valence-electron chi connectivity index (χ0n) is 12.0. The highest BCUT2D eigenvalue weighted by Crippen LogP contribution is 2.21. The Bertz CT molecular complexity index is 228. The molecule has 0 unspecified atom stereocenters. The van der Waals surface area contributed by atoms with Crippen molar-refractivity contribution in [3.8, 4) is 6.07 Å². The van der Waals surface area contributed by atoms with Crippen LogP contribution in [0.15, 0.2) is 0 Å². The normalized spacial score (nSPS) is 16.9. The maximum atomic E-state index is 8.42.